The van der Waals surface area contributed by atoms with E-state index in [1.54, 1.807) is 6.20 Å². The Hall–Kier alpha value is -1.66. The van der Waals surface area contributed by atoms with Gasteiger partial charge in [-0.15, -0.1) is 0 Å². The zero-order valence-corrected chi connectivity index (χ0v) is 15.9. The summed E-state index contributed by atoms with van der Waals surface area (Å²) in [5.74, 6) is 1.44. The van der Waals surface area contributed by atoms with Gasteiger partial charge in [0.1, 0.15) is 5.82 Å². The molecule has 0 bridgehead atoms. The summed E-state index contributed by atoms with van der Waals surface area (Å²) in [5, 5.41) is 6.40. The van der Waals surface area contributed by atoms with Crippen LogP contribution in [0.1, 0.15) is 48.9 Å². The van der Waals surface area contributed by atoms with Gasteiger partial charge < -0.3 is 20.3 Å². The van der Waals surface area contributed by atoms with Gasteiger partial charge in [-0.3, -0.25) is 4.79 Å². The summed E-state index contributed by atoms with van der Waals surface area (Å²) in [4.78, 5) is 19.1. The topological polar surface area (TPSA) is 66.5 Å². The monoisotopic (exact) mass is 360 g/mol. The Kier molecular flexibility index (Phi) is 7.26. The minimum Gasteiger partial charge on any atom is -0.381 e. The normalized spacial score (nSPS) is 22.1. The Bertz CT molecular complexity index is 557. The second kappa shape index (κ2) is 9.88. The highest BCUT2D eigenvalue weighted by Gasteiger charge is 2.18. The number of aromatic nitrogens is 1. The highest BCUT2D eigenvalue weighted by Crippen LogP contribution is 2.17. The Morgan fingerprint density at radius 3 is 2.85 bits per heavy atom. The molecule has 144 valence electrons. The molecule has 0 aliphatic carbocycles. The fourth-order valence-corrected chi connectivity index (χ4v) is 3.80. The van der Waals surface area contributed by atoms with E-state index in [0.29, 0.717) is 17.5 Å². The lowest BCUT2D eigenvalue weighted by atomic mass is 10.0. The number of carbonyl (C=O) groups excluding carboxylic acids is 1. The van der Waals surface area contributed by atoms with E-state index in [9.17, 15) is 4.79 Å². The number of anilines is 1. The number of likely N-dealkylation sites (tertiary alicyclic amines) is 1. The van der Waals surface area contributed by atoms with E-state index < -0.39 is 0 Å². The van der Waals surface area contributed by atoms with Crippen LogP contribution >= 0.6 is 0 Å². The van der Waals surface area contributed by atoms with Gasteiger partial charge >= 0.3 is 0 Å². The summed E-state index contributed by atoms with van der Waals surface area (Å²) in [6.45, 7) is 4.52. The maximum Gasteiger partial charge on any atom is 0.252 e. The van der Waals surface area contributed by atoms with Crippen LogP contribution < -0.4 is 10.6 Å². The third kappa shape index (κ3) is 5.68. The van der Waals surface area contributed by atoms with Crippen molar-refractivity contribution in [3.63, 3.8) is 0 Å². The smallest absolute Gasteiger partial charge is 0.252 e. The summed E-state index contributed by atoms with van der Waals surface area (Å²) >= 11 is 0. The molecule has 1 atom stereocenters. The van der Waals surface area contributed by atoms with E-state index in [1.165, 1.54) is 25.8 Å². The Balaban J connectivity index is 1.38. The van der Waals surface area contributed by atoms with Crippen molar-refractivity contribution in [3.8, 4) is 0 Å². The van der Waals surface area contributed by atoms with Crippen molar-refractivity contribution >= 4 is 11.7 Å². The lowest BCUT2D eigenvalue weighted by molar-refractivity contribution is 0.0699. The van der Waals surface area contributed by atoms with E-state index in [0.717, 1.165) is 51.4 Å². The number of ether oxygens (including phenoxy) is 1. The molecule has 1 aromatic heterocycles. The van der Waals surface area contributed by atoms with Gasteiger partial charge in [-0.05, 0) is 63.7 Å². The standard InChI is InChI=1S/C20H32N4O2/c1-24-11-3-2-4-18(24)7-10-21-20(25)17-5-6-19(23-15-17)22-14-16-8-12-26-13-9-16/h5-6,15-16,18H,2-4,7-14H2,1H3,(H,21,25)(H,22,23). The van der Waals surface area contributed by atoms with Gasteiger partial charge in [0.25, 0.3) is 5.91 Å². The average molecular weight is 361 g/mol. The molecule has 0 spiro atoms. The molecule has 1 amide bonds. The average Bonchev–Trinajstić information content (AvgIpc) is 2.69. The molecule has 0 radical (unpaired) electrons. The van der Waals surface area contributed by atoms with Crippen LogP contribution in [0.2, 0.25) is 0 Å². The molecule has 1 aromatic rings. The van der Waals surface area contributed by atoms with Crippen LogP contribution in [0, 0.1) is 5.92 Å². The van der Waals surface area contributed by atoms with E-state index >= 15 is 0 Å². The molecule has 2 N–H and O–H groups in total. The zero-order valence-electron chi connectivity index (χ0n) is 15.9. The summed E-state index contributed by atoms with van der Waals surface area (Å²) in [5.41, 5.74) is 0.624. The third-order valence-electron chi connectivity index (χ3n) is 5.62. The number of hydrogen-bond donors (Lipinski definition) is 2. The van der Waals surface area contributed by atoms with Crippen molar-refractivity contribution in [2.45, 2.75) is 44.6 Å². The number of nitrogens with one attached hydrogen (secondary N) is 2. The van der Waals surface area contributed by atoms with Crippen molar-refractivity contribution in [2.24, 2.45) is 5.92 Å². The van der Waals surface area contributed by atoms with Crippen molar-refractivity contribution in [3.05, 3.63) is 23.9 Å². The molecule has 6 nitrogen and oxygen atoms in total. The van der Waals surface area contributed by atoms with E-state index in [2.05, 4.69) is 27.6 Å². The molecule has 2 saturated heterocycles. The molecule has 2 aliphatic rings. The van der Waals surface area contributed by atoms with E-state index in [1.807, 2.05) is 12.1 Å². The molecule has 0 aromatic carbocycles. The molecular formula is C20H32N4O2. The summed E-state index contributed by atoms with van der Waals surface area (Å²) in [6.07, 6.45) is 8.71. The van der Waals surface area contributed by atoms with E-state index in [-0.39, 0.29) is 5.91 Å². The van der Waals surface area contributed by atoms with Crippen LogP contribution in [0.5, 0.6) is 0 Å². The van der Waals surface area contributed by atoms with Gasteiger partial charge in [-0.25, -0.2) is 4.98 Å². The van der Waals surface area contributed by atoms with Crippen LogP contribution in [0.3, 0.4) is 0 Å². The minimum absolute atomic E-state index is 0.0352. The van der Waals surface area contributed by atoms with E-state index in [4.69, 9.17) is 4.74 Å². The number of rotatable bonds is 7. The summed E-state index contributed by atoms with van der Waals surface area (Å²) < 4.78 is 5.38. The Morgan fingerprint density at radius 2 is 2.12 bits per heavy atom. The highest BCUT2D eigenvalue weighted by molar-refractivity contribution is 5.94. The van der Waals surface area contributed by atoms with Gasteiger partial charge in [0.05, 0.1) is 5.56 Å². The summed E-state index contributed by atoms with van der Waals surface area (Å²) in [6, 6.07) is 4.34. The second-order valence-electron chi connectivity index (χ2n) is 7.54. The quantitative estimate of drug-likeness (QED) is 0.782. The van der Waals surface area contributed by atoms with Gasteiger partial charge in [0.2, 0.25) is 0 Å². The predicted octanol–water partition coefficient (Wildman–Crippen LogP) is 2.52. The first-order valence-electron chi connectivity index (χ1n) is 9.98. The van der Waals surface area contributed by atoms with Crippen molar-refractivity contribution in [1.29, 1.82) is 0 Å². The molecule has 2 aliphatic heterocycles. The summed E-state index contributed by atoms with van der Waals surface area (Å²) in [7, 11) is 2.18. The second-order valence-corrected chi connectivity index (χ2v) is 7.54. The highest BCUT2D eigenvalue weighted by atomic mass is 16.5. The molecule has 0 saturated carbocycles. The SMILES string of the molecule is CN1CCCCC1CCNC(=O)c1ccc(NCC2CCOCC2)nc1. The molecule has 3 heterocycles. The number of nitrogens with zero attached hydrogens (tertiary/aromatic N) is 2. The molecule has 1 unspecified atom stereocenters. The molecule has 2 fully saturated rings. The minimum atomic E-state index is -0.0352. The van der Waals surface area contributed by atoms with Crippen LogP contribution in [-0.4, -0.2) is 61.7 Å². The van der Waals surface area contributed by atoms with Crippen LogP contribution in [0.4, 0.5) is 5.82 Å². The van der Waals surface area contributed by atoms with Crippen LogP contribution in [0.15, 0.2) is 18.3 Å². The maximum absolute atomic E-state index is 12.3. The largest absolute Gasteiger partial charge is 0.381 e. The first kappa shape index (κ1) is 19.1. The number of piperidine rings is 1. The molecule has 6 heteroatoms. The predicted molar refractivity (Wildman–Crippen MR) is 103 cm³/mol. The van der Waals surface area contributed by atoms with Gasteiger partial charge in [0.15, 0.2) is 0 Å². The number of pyridine rings is 1. The van der Waals surface area contributed by atoms with Crippen molar-refractivity contribution in [2.75, 3.05) is 45.2 Å². The third-order valence-corrected chi connectivity index (χ3v) is 5.62. The fraction of sp³-hybridized carbons (Fsp3) is 0.700. The number of carbonyl (C=O) groups is 1. The van der Waals surface area contributed by atoms with Gasteiger partial charge in [-0.2, -0.15) is 0 Å². The van der Waals surface area contributed by atoms with Gasteiger partial charge in [0, 0.05) is 38.5 Å². The fourth-order valence-electron chi connectivity index (χ4n) is 3.80. The molecule has 3 rings (SSSR count). The van der Waals surface area contributed by atoms with Crippen molar-refractivity contribution < 1.29 is 9.53 Å². The molecule has 26 heavy (non-hydrogen) atoms. The van der Waals surface area contributed by atoms with Crippen molar-refractivity contribution in [1.82, 2.24) is 15.2 Å². The first-order chi connectivity index (χ1) is 12.7. The Labute approximate surface area is 156 Å². The number of hydrogen-bond acceptors (Lipinski definition) is 5. The van der Waals surface area contributed by atoms with Crippen LogP contribution in [-0.2, 0) is 4.74 Å². The first-order valence-corrected chi connectivity index (χ1v) is 9.98. The van der Waals surface area contributed by atoms with Gasteiger partial charge in [-0.1, -0.05) is 6.42 Å². The zero-order chi connectivity index (χ0) is 18.2. The van der Waals surface area contributed by atoms with Crippen LogP contribution in [0.25, 0.3) is 0 Å². The lowest BCUT2D eigenvalue weighted by Gasteiger charge is -2.32. The molecular weight excluding hydrogens is 328 g/mol. The number of amides is 1. The lowest BCUT2D eigenvalue weighted by Crippen LogP contribution is -2.39. The maximum atomic E-state index is 12.3. The Morgan fingerprint density at radius 1 is 1.27 bits per heavy atom.